The molecule has 6 nitrogen and oxygen atoms in total. The summed E-state index contributed by atoms with van der Waals surface area (Å²) in [5.74, 6) is -0.864. The third-order valence-corrected chi connectivity index (χ3v) is 7.17. The molecule has 34 heavy (non-hydrogen) atoms. The first kappa shape index (κ1) is 20.4. The summed E-state index contributed by atoms with van der Waals surface area (Å²) in [6.45, 7) is 4.01. The minimum absolute atomic E-state index is 0.0601. The second kappa shape index (κ2) is 6.90. The zero-order valence-electron chi connectivity index (χ0n) is 19.1. The molecule has 6 heteroatoms. The van der Waals surface area contributed by atoms with Gasteiger partial charge >= 0.3 is 0 Å². The number of carbonyl (C=O) groups is 2. The van der Waals surface area contributed by atoms with Crippen molar-refractivity contribution in [2.45, 2.75) is 25.9 Å². The van der Waals surface area contributed by atoms with Gasteiger partial charge in [0.25, 0.3) is 11.8 Å². The molecule has 4 aromatic rings. The van der Waals surface area contributed by atoms with Crippen molar-refractivity contribution in [3.05, 3.63) is 111 Å². The number of para-hydroxylation sites is 1. The molecule has 0 saturated heterocycles. The maximum Gasteiger partial charge on any atom is 0.291 e. The Morgan fingerprint density at radius 2 is 1.56 bits per heavy atom. The van der Waals surface area contributed by atoms with Crippen molar-refractivity contribution in [2.24, 2.45) is 0 Å². The highest BCUT2D eigenvalue weighted by molar-refractivity contribution is 6.16. The maximum atomic E-state index is 14.1. The van der Waals surface area contributed by atoms with Crippen LogP contribution in [0.3, 0.4) is 0 Å². The number of amides is 2. The number of anilines is 1. The zero-order valence-corrected chi connectivity index (χ0v) is 19.1. The Hall–Kier alpha value is -4.19. The van der Waals surface area contributed by atoms with Gasteiger partial charge in [-0.1, -0.05) is 48.5 Å². The fraction of sp³-hybridized carbons (Fsp3) is 0.179. The fourth-order valence-electron chi connectivity index (χ4n) is 5.34. The molecule has 2 aliphatic heterocycles. The van der Waals surface area contributed by atoms with Gasteiger partial charge in [0, 0.05) is 24.8 Å². The number of aryl methyl sites for hydroxylation is 2. The van der Waals surface area contributed by atoms with E-state index in [-0.39, 0.29) is 29.2 Å². The van der Waals surface area contributed by atoms with Crippen LogP contribution in [0.25, 0.3) is 11.0 Å². The van der Waals surface area contributed by atoms with Crippen LogP contribution >= 0.6 is 0 Å². The van der Waals surface area contributed by atoms with Crippen LogP contribution in [0.2, 0.25) is 0 Å². The summed E-state index contributed by atoms with van der Waals surface area (Å²) in [6, 6.07) is 20.4. The number of carbonyl (C=O) groups excluding carboxylic acids is 2. The van der Waals surface area contributed by atoms with E-state index in [0.29, 0.717) is 22.2 Å². The first-order valence-corrected chi connectivity index (χ1v) is 11.2. The third kappa shape index (κ3) is 2.42. The number of benzene rings is 3. The van der Waals surface area contributed by atoms with E-state index in [1.165, 1.54) is 9.80 Å². The Labute approximate surface area is 196 Å². The Morgan fingerprint density at radius 1 is 0.882 bits per heavy atom. The van der Waals surface area contributed by atoms with Crippen LogP contribution in [-0.2, 0) is 16.9 Å². The molecule has 1 aromatic heterocycles. The van der Waals surface area contributed by atoms with Gasteiger partial charge in [-0.3, -0.25) is 14.4 Å². The van der Waals surface area contributed by atoms with Gasteiger partial charge in [0.15, 0.2) is 11.0 Å². The molecule has 1 unspecified atom stereocenters. The smallest absolute Gasteiger partial charge is 0.291 e. The molecular formula is C28H22N2O4. The molecular weight excluding hydrogens is 428 g/mol. The molecule has 0 bridgehead atoms. The molecule has 2 aliphatic rings. The minimum Gasteiger partial charge on any atom is -0.450 e. The molecule has 0 fully saturated rings. The number of nitrogens with zero attached hydrogens (tertiary/aromatic N) is 2. The van der Waals surface area contributed by atoms with Gasteiger partial charge in [-0.05, 0) is 48.7 Å². The number of fused-ring (bicyclic) bond motifs is 5. The SMILES string of the molecule is Cc1cc2oc3c(c(=O)c2cc1C)C1(C(=O)N(C)c2ccccc21)N(Cc1ccccc1)C3=O. The van der Waals surface area contributed by atoms with Crippen molar-refractivity contribution in [2.75, 3.05) is 11.9 Å². The first-order chi connectivity index (χ1) is 16.4. The lowest BCUT2D eigenvalue weighted by Crippen LogP contribution is -2.52. The Bertz CT molecular complexity index is 1590. The Kier molecular flexibility index (Phi) is 4.15. The summed E-state index contributed by atoms with van der Waals surface area (Å²) in [5, 5.41) is 0.371. The lowest BCUT2D eigenvalue weighted by Gasteiger charge is -2.34. The highest BCUT2D eigenvalue weighted by Crippen LogP contribution is 2.52. The van der Waals surface area contributed by atoms with Crippen molar-refractivity contribution in [3.8, 4) is 0 Å². The summed E-state index contributed by atoms with van der Waals surface area (Å²) in [7, 11) is 1.68. The molecule has 1 atom stereocenters. The largest absolute Gasteiger partial charge is 0.450 e. The highest BCUT2D eigenvalue weighted by atomic mass is 16.3. The van der Waals surface area contributed by atoms with Gasteiger partial charge in [-0.25, -0.2) is 0 Å². The number of hydrogen-bond acceptors (Lipinski definition) is 4. The van der Waals surface area contributed by atoms with Gasteiger partial charge < -0.3 is 14.2 Å². The van der Waals surface area contributed by atoms with Crippen LogP contribution in [0.5, 0.6) is 0 Å². The van der Waals surface area contributed by atoms with Gasteiger partial charge in [0.1, 0.15) is 5.58 Å². The van der Waals surface area contributed by atoms with E-state index in [1.54, 1.807) is 19.2 Å². The van der Waals surface area contributed by atoms with Crippen LogP contribution in [0, 0.1) is 13.8 Å². The predicted octanol–water partition coefficient (Wildman–Crippen LogP) is 4.29. The Balaban J connectivity index is 1.73. The van der Waals surface area contributed by atoms with Crippen molar-refractivity contribution in [1.82, 2.24) is 4.90 Å². The quantitative estimate of drug-likeness (QED) is 0.457. The Morgan fingerprint density at radius 3 is 2.32 bits per heavy atom. The molecule has 0 N–H and O–H groups in total. The van der Waals surface area contributed by atoms with Gasteiger partial charge in [-0.2, -0.15) is 0 Å². The summed E-state index contributed by atoms with van der Waals surface area (Å²) >= 11 is 0. The normalized spacial score (nSPS) is 18.8. The second-order valence-electron chi connectivity index (χ2n) is 9.04. The van der Waals surface area contributed by atoms with Gasteiger partial charge in [0.2, 0.25) is 5.76 Å². The van der Waals surface area contributed by atoms with Gasteiger partial charge in [0.05, 0.1) is 10.9 Å². The molecule has 168 valence electrons. The number of rotatable bonds is 2. The lowest BCUT2D eigenvalue weighted by molar-refractivity contribution is -0.126. The minimum atomic E-state index is -1.58. The second-order valence-corrected chi connectivity index (χ2v) is 9.04. The van der Waals surface area contributed by atoms with E-state index >= 15 is 0 Å². The molecule has 0 aliphatic carbocycles. The molecule has 3 aromatic carbocycles. The van der Waals surface area contributed by atoms with Crippen molar-refractivity contribution in [1.29, 1.82) is 0 Å². The molecule has 3 heterocycles. The average molecular weight is 450 g/mol. The van der Waals surface area contributed by atoms with Crippen LogP contribution in [0.1, 0.15) is 38.4 Å². The highest BCUT2D eigenvalue weighted by Gasteiger charge is 2.64. The van der Waals surface area contributed by atoms with Crippen LogP contribution < -0.4 is 10.3 Å². The molecule has 6 rings (SSSR count). The maximum absolute atomic E-state index is 14.1. The predicted molar refractivity (Wildman–Crippen MR) is 129 cm³/mol. The van der Waals surface area contributed by atoms with E-state index in [0.717, 1.165) is 16.7 Å². The zero-order chi connectivity index (χ0) is 23.8. The van der Waals surface area contributed by atoms with Crippen LogP contribution in [0.15, 0.2) is 75.9 Å². The lowest BCUT2D eigenvalue weighted by atomic mass is 9.83. The van der Waals surface area contributed by atoms with E-state index in [4.69, 9.17) is 4.42 Å². The summed E-state index contributed by atoms with van der Waals surface area (Å²) in [5.41, 5.74) is 2.56. The van der Waals surface area contributed by atoms with Crippen molar-refractivity contribution >= 4 is 28.5 Å². The average Bonchev–Trinajstić information content (AvgIpc) is 3.21. The standard InChI is InChI=1S/C28H22N2O4/c1-16-13-19-22(14-17(16)2)34-25-23(24(19)31)28(20-11-7-8-12-21(20)29(3)27(28)33)30(26(25)32)15-18-9-5-4-6-10-18/h4-14H,15H2,1-3H3. The number of hydrogen-bond donors (Lipinski definition) is 0. The number of likely N-dealkylation sites (N-methyl/N-ethyl adjacent to an activating group) is 1. The van der Waals surface area contributed by atoms with Crippen LogP contribution in [-0.4, -0.2) is 23.8 Å². The topological polar surface area (TPSA) is 70.8 Å². The molecule has 1 spiro atoms. The molecule has 2 amide bonds. The fourth-order valence-corrected chi connectivity index (χ4v) is 5.34. The van der Waals surface area contributed by atoms with E-state index in [9.17, 15) is 14.4 Å². The van der Waals surface area contributed by atoms with E-state index in [2.05, 4.69) is 0 Å². The molecule has 0 saturated carbocycles. The van der Waals surface area contributed by atoms with Gasteiger partial charge in [-0.15, -0.1) is 0 Å². The first-order valence-electron chi connectivity index (χ1n) is 11.2. The summed E-state index contributed by atoms with van der Waals surface area (Å²) < 4.78 is 6.12. The third-order valence-electron chi connectivity index (χ3n) is 7.17. The van der Waals surface area contributed by atoms with E-state index < -0.39 is 11.4 Å². The summed E-state index contributed by atoms with van der Waals surface area (Å²) in [4.78, 5) is 45.0. The van der Waals surface area contributed by atoms with E-state index in [1.807, 2.05) is 68.4 Å². The van der Waals surface area contributed by atoms with Crippen LogP contribution in [0.4, 0.5) is 5.69 Å². The summed E-state index contributed by atoms with van der Waals surface area (Å²) in [6.07, 6.45) is 0. The molecule has 0 radical (unpaired) electrons. The monoisotopic (exact) mass is 450 g/mol. The van der Waals surface area contributed by atoms with Crippen molar-refractivity contribution < 1.29 is 14.0 Å². The van der Waals surface area contributed by atoms with Crippen molar-refractivity contribution in [3.63, 3.8) is 0 Å².